The van der Waals surface area contributed by atoms with Gasteiger partial charge in [0.1, 0.15) is 23.9 Å². The van der Waals surface area contributed by atoms with Crippen LogP contribution >= 0.6 is 0 Å². The van der Waals surface area contributed by atoms with Gasteiger partial charge < -0.3 is 9.64 Å². The summed E-state index contributed by atoms with van der Waals surface area (Å²) in [7, 11) is 1.64. The molecular formula is C21H17N5O2. The molecule has 5 rings (SSSR count). The molecule has 1 aliphatic rings. The number of carbonyl (C=O) groups is 1. The molecule has 138 valence electrons. The third kappa shape index (κ3) is 2.68. The summed E-state index contributed by atoms with van der Waals surface area (Å²) in [5.74, 6) is 0.858. The van der Waals surface area contributed by atoms with Crippen LogP contribution in [0.25, 0.3) is 16.9 Å². The van der Waals surface area contributed by atoms with Crippen LogP contribution in [0.5, 0.6) is 5.75 Å². The van der Waals surface area contributed by atoms with Crippen molar-refractivity contribution in [2.75, 3.05) is 7.11 Å². The normalized spacial score (nSPS) is 13.2. The molecule has 0 saturated carbocycles. The molecule has 1 amide bonds. The van der Waals surface area contributed by atoms with E-state index in [9.17, 15) is 4.79 Å². The highest BCUT2D eigenvalue weighted by Gasteiger charge is 2.27. The maximum Gasteiger partial charge on any atom is 0.254 e. The molecule has 7 heteroatoms. The van der Waals surface area contributed by atoms with Crippen molar-refractivity contribution >= 4 is 17.1 Å². The SMILES string of the molecule is COc1ccc(CN2Cc3cc(-n4cnc5ncncc54)ccc3C2=O)cc1. The van der Waals surface area contributed by atoms with E-state index >= 15 is 0 Å². The highest BCUT2D eigenvalue weighted by Crippen LogP contribution is 2.28. The number of amides is 1. The van der Waals surface area contributed by atoms with Crippen LogP contribution in [0.2, 0.25) is 0 Å². The second kappa shape index (κ2) is 6.45. The minimum atomic E-state index is 0.0520. The van der Waals surface area contributed by atoms with E-state index in [4.69, 9.17) is 4.74 Å². The largest absolute Gasteiger partial charge is 0.497 e. The van der Waals surface area contributed by atoms with Crippen LogP contribution < -0.4 is 4.74 Å². The topological polar surface area (TPSA) is 73.1 Å². The van der Waals surface area contributed by atoms with Gasteiger partial charge in [-0.1, -0.05) is 12.1 Å². The van der Waals surface area contributed by atoms with E-state index in [1.54, 1.807) is 19.6 Å². The van der Waals surface area contributed by atoms with Gasteiger partial charge in [0.15, 0.2) is 5.65 Å². The van der Waals surface area contributed by atoms with Gasteiger partial charge in [-0.2, -0.15) is 0 Å². The van der Waals surface area contributed by atoms with E-state index in [0.717, 1.165) is 33.6 Å². The average molecular weight is 371 g/mol. The molecule has 0 aliphatic carbocycles. The van der Waals surface area contributed by atoms with E-state index in [-0.39, 0.29) is 5.91 Å². The van der Waals surface area contributed by atoms with Crippen LogP contribution in [0, 0.1) is 0 Å². The Hall–Kier alpha value is -3.74. The van der Waals surface area contributed by atoms with Gasteiger partial charge >= 0.3 is 0 Å². The summed E-state index contributed by atoms with van der Waals surface area (Å²) in [6.45, 7) is 1.14. The number of rotatable bonds is 4. The number of hydrogen-bond donors (Lipinski definition) is 0. The van der Waals surface area contributed by atoms with E-state index < -0.39 is 0 Å². The van der Waals surface area contributed by atoms with Crippen molar-refractivity contribution < 1.29 is 9.53 Å². The second-order valence-electron chi connectivity index (χ2n) is 6.70. The highest BCUT2D eigenvalue weighted by atomic mass is 16.5. The smallest absolute Gasteiger partial charge is 0.254 e. The number of benzene rings is 2. The lowest BCUT2D eigenvalue weighted by atomic mass is 10.1. The summed E-state index contributed by atoms with van der Waals surface area (Å²) < 4.78 is 7.13. The number of fused-ring (bicyclic) bond motifs is 2. The molecule has 1 aliphatic heterocycles. The maximum atomic E-state index is 12.8. The predicted octanol–water partition coefficient (Wildman–Crippen LogP) is 2.98. The Labute approximate surface area is 161 Å². The quantitative estimate of drug-likeness (QED) is 0.551. The van der Waals surface area contributed by atoms with Gasteiger partial charge in [-0.3, -0.25) is 9.36 Å². The van der Waals surface area contributed by atoms with Crippen molar-refractivity contribution in [2.45, 2.75) is 13.1 Å². The molecule has 3 heterocycles. The van der Waals surface area contributed by atoms with Crippen molar-refractivity contribution in [1.82, 2.24) is 24.4 Å². The monoisotopic (exact) mass is 371 g/mol. The molecule has 0 N–H and O–H groups in total. The van der Waals surface area contributed by atoms with Crippen LogP contribution in [-0.2, 0) is 13.1 Å². The summed E-state index contributed by atoms with van der Waals surface area (Å²) >= 11 is 0. The predicted molar refractivity (Wildman–Crippen MR) is 103 cm³/mol. The van der Waals surface area contributed by atoms with Gasteiger partial charge in [0.05, 0.1) is 13.3 Å². The van der Waals surface area contributed by atoms with E-state index in [0.29, 0.717) is 18.7 Å². The fourth-order valence-electron chi connectivity index (χ4n) is 3.56. The summed E-state index contributed by atoms with van der Waals surface area (Å²) in [6, 6.07) is 13.6. The van der Waals surface area contributed by atoms with Crippen LogP contribution in [-0.4, -0.2) is 37.4 Å². The second-order valence-corrected chi connectivity index (χ2v) is 6.70. The number of ether oxygens (including phenoxy) is 1. The average Bonchev–Trinajstić information content (AvgIpc) is 3.30. The lowest BCUT2D eigenvalue weighted by Gasteiger charge is -2.15. The zero-order chi connectivity index (χ0) is 19.1. The van der Waals surface area contributed by atoms with E-state index in [1.807, 2.05) is 51.9 Å². The van der Waals surface area contributed by atoms with Crippen LogP contribution in [0.4, 0.5) is 0 Å². The van der Waals surface area contributed by atoms with Crippen molar-refractivity contribution in [3.63, 3.8) is 0 Å². The van der Waals surface area contributed by atoms with Crippen molar-refractivity contribution in [3.05, 3.63) is 78.0 Å². The van der Waals surface area contributed by atoms with Crippen molar-refractivity contribution in [1.29, 1.82) is 0 Å². The van der Waals surface area contributed by atoms with Crippen LogP contribution in [0.15, 0.2) is 61.3 Å². The fraction of sp³-hybridized carbons (Fsp3) is 0.143. The van der Waals surface area contributed by atoms with Gasteiger partial charge in [-0.15, -0.1) is 0 Å². The zero-order valence-corrected chi connectivity index (χ0v) is 15.2. The van der Waals surface area contributed by atoms with Crippen LogP contribution in [0.1, 0.15) is 21.5 Å². The number of hydrogen-bond acceptors (Lipinski definition) is 5. The number of imidazole rings is 1. The Balaban J connectivity index is 1.43. The van der Waals surface area contributed by atoms with E-state index in [1.165, 1.54) is 6.33 Å². The molecule has 4 aromatic rings. The van der Waals surface area contributed by atoms with Gasteiger partial charge in [-0.25, -0.2) is 15.0 Å². The third-order valence-electron chi connectivity index (χ3n) is 5.01. The molecule has 0 fully saturated rings. The number of nitrogens with zero attached hydrogens (tertiary/aromatic N) is 5. The summed E-state index contributed by atoms with van der Waals surface area (Å²) in [6.07, 6.45) is 4.95. The summed E-state index contributed by atoms with van der Waals surface area (Å²) in [5, 5.41) is 0. The minimum Gasteiger partial charge on any atom is -0.497 e. The molecule has 0 atom stereocenters. The van der Waals surface area contributed by atoms with Crippen molar-refractivity contribution in [2.24, 2.45) is 0 Å². The molecule has 0 spiro atoms. The molecular weight excluding hydrogens is 354 g/mol. The van der Waals surface area contributed by atoms with Gasteiger partial charge in [0, 0.05) is 24.3 Å². The molecule has 0 saturated heterocycles. The number of aromatic nitrogens is 4. The Kier molecular flexibility index (Phi) is 3.79. The number of methoxy groups -OCH3 is 1. The molecule has 0 radical (unpaired) electrons. The summed E-state index contributed by atoms with van der Waals surface area (Å²) in [4.78, 5) is 27.2. The highest BCUT2D eigenvalue weighted by molar-refractivity contribution is 5.98. The Morgan fingerprint density at radius 3 is 2.79 bits per heavy atom. The van der Waals surface area contributed by atoms with Gasteiger partial charge in [-0.05, 0) is 41.5 Å². The lowest BCUT2D eigenvalue weighted by Crippen LogP contribution is -2.23. The minimum absolute atomic E-state index is 0.0520. The van der Waals surface area contributed by atoms with Crippen LogP contribution in [0.3, 0.4) is 0 Å². The Bertz CT molecular complexity index is 1180. The molecule has 2 aromatic heterocycles. The summed E-state index contributed by atoms with van der Waals surface area (Å²) in [5.41, 5.74) is 5.25. The first-order valence-electron chi connectivity index (χ1n) is 8.91. The first-order valence-corrected chi connectivity index (χ1v) is 8.91. The standard InChI is InChI=1S/C21H17N5O2/c1-28-17-5-2-14(3-6-17)10-25-11-15-8-16(4-7-18(15)21(25)27)26-13-24-20-19(26)9-22-12-23-20/h2-9,12-13H,10-11H2,1H3. The van der Waals surface area contributed by atoms with Crippen molar-refractivity contribution in [3.8, 4) is 11.4 Å². The maximum absolute atomic E-state index is 12.8. The van der Waals surface area contributed by atoms with E-state index in [2.05, 4.69) is 15.0 Å². The first kappa shape index (κ1) is 16.4. The third-order valence-corrected chi connectivity index (χ3v) is 5.01. The number of carbonyl (C=O) groups excluding carboxylic acids is 1. The van der Waals surface area contributed by atoms with Gasteiger partial charge in [0.25, 0.3) is 5.91 Å². The molecule has 7 nitrogen and oxygen atoms in total. The molecule has 2 aromatic carbocycles. The Morgan fingerprint density at radius 2 is 1.96 bits per heavy atom. The molecule has 0 bridgehead atoms. The Morgan fingerprint density at radius 1 is 1.11 bits per heavy atom. The first-order chi connectivity index (χ1) is 13.7. The molecule has 0 unspecified atom stereocenters. The molecule has 28 heavy (non-hydrogen) atoms. The fourth-order valence-corrected chi connectivity index (χ4v) is 3.56. The lowest BCUT2D eigenvalue weighted by molar-refractivity contribution is 0.0766. The zero-order valence-electron chi connectivity index (χ0n) is 15.2. The van der Waals surface area contributed by atoms with Gasteiger partial charge in [0.2, 0.25) is 0 Å².